The van der Waals surface area contributed by atoms with E-state index in [9.17, 15) is 4.79 Å². The van der Waals surface area contributed by atoms with Gasteiger partial charge in [0.2, 0.25) is 0 Å². The zero-order chi connectivity index (χ0) is 14.4. The van der Waals surface area contributed by atoms with Crippen molar-refractivity contribution in [1.82, 2.24) is 15.1 Å². The van der Waals surface area contributed by atoms with Gasteiger partial charge >= 0.3 is 0 Å². The van der Waals surface area contributed by atoms with Crippen molar-refractivity contribution in [2.45, 2.75) is 19.9 Å². The zero-order valence-corrected chi connectivity index (χ0v) is 11.5. The second kappa shape index (κ2) is 6.86. The van der Waals surface area contributed by atoms with E-state index in [1.807, 2.05) is 41.9 Å². The Morgan fingerprint density at radius 1 is 1.35 bits per heavy atom. The second-order valence-electron chi connectivity index (χ2n) is 4.48. The number of carbonyl (C=O) groups is 1. The Hall–Kier alpha value is -2.14. The highest BCUT2D eigenvalue weighted by atomic mass is 16.3. The number of aliphatic hydroxyl groups is 1. The van der Waals surface area contributed by atoms with Gasteiger partial charge < -0.3 is 10.4 Å². The third-order valence-corrected chi connectivity index (χ3v) is 3.10. The minimum Gasteiger partial charge on any atom is -0.395 e. The number of hydrogen-bond acceptors (Lipinski definition) is 3. The molecule has 0 saturated carbocycles. The molecule has 0 atom stereocenters. The van der Waals surface area contributed by atoms with Crippen molar-refractivity contribution in [3.05, 3.63) is 53.3 Å². The van der Waals surface area contributed by atoms with Crippen LogP contribution in [0.15, 0.2) is 36.5 Å². The summed E-state index contributed by atoms with van der Waals surface area (Å²) < 4.78 is 1.85. The molecule has 1 amide bonds. The zero-order valence-electron chi connectivity index (χ0n) is 11.5. The van der Waals surface area contributed by atoms with E-state index in [1.54, 1.807) is 6.20 Å². The van der Waals surface area contributed by atoms with E-state index in [-0.39, 0.29) is 19.1 Å². The second-order valence-corrected chi connectivity index (χ2v) is 4.48. The van der Waals surface area contributed by atoms with E-state index in [2.05, 4.69) is 10.4 Å². The number of rotatable bonds is 6. The van der Waals surface area contributed by atoms with Crippen LogP contribution in [0.4, 0.5) is 0 Å². The molecule has 20 heavy (non-hydrogen) atoms. The van der Waals surface area contributed by atoms with Gasteiger partial charge in [-0.15, -0.1) is 0 Å². The highest BCUT2D eigenvalue weighted by Gasteiger charge is 2.15. The molecule has 0 aliphatic carbocycles. The maximum absolute atomic E-state index is 12.0. The van der Waals surface area contributed by atoms with Crippen molar-refractivity contribution in [2.75, 3.05) is 13.2 Å². The molecule has 0 radical (unpaired) electrons. The molecule has 0 spiro atoms. The largest absolute Gasteiger partial charge is 0.395 e. The minimum absolute atomic E-state index is 0.0641. The molecule has 2 N–H and O–H groups in total. The van der Waals surface area contributed by atoms with Crippen molar-refractivity contribution >= 4 is 5.91 Å². The van der Waals surface area contributed by atoms with Crippen molar-refractivity contribution in [3.63, 3.8) is 0 Å². The molecule has 1 heterocycles. The summed E-state index contributed by atoms with van der Waals surface area (Å²) in [5.74, 6) is -0.185. The molecule has 0 unspecified atom stereocenters. The molecule has 2 aromatic rings. The van der Waals surface area contributed by atoms with Crippen molar-refractivity contribution in [2.24, 2.45) is 0 Å². The fourth-order valence-corrected chi connectivity index (χ4v) is 2.13. The van der Waals surface area contributed by atoms with Crippen LogP contribution in [0.2, 0.25) is 0 Å². The van der Waals surface area contributed by atoms with Gasteiger partial charge in [0.15, 0.2) is 0 Å². The van der Waals surface area contributed by atoms with Gasteiger partial charge in [0.05, 0.1) is 30.6 Å². The minimum atomic E-state index is -0.185. The molecular formula is C15H19N3O2. The molecule has 0 aliphatic heterocycles. The SMILES string of the molecule is CCc1c(C(=O)NCCO)cnn1Cc1ccccc1. The summed E-state index contributed by atoms with van der Waals surface area (Å²) in [4.78, 5) is 12.0. The first-order chi connectivity index (χ1) is 9.76. The summed E-state index contributed by atoms with van der Waals surface area (Å²) in [5.41, 5.74) is 2.63. The van der Waals surface area contributed by atoms with Crippen LogP contribution in [-0.4, -0.2) is 33.9 Å². The molecule has 0 saturated heterocycles. The number of benzene rings is 1. The molecule has 1 aromatic carbocycles. The molecule has 5 nitrogen and oxygen atoms in total. The molecule has 0 aliphatic rings. The first kappa shape index (κ1) is 14.3. The van der Waals surface area contributed by atoms with Gasteiger partial charge in [-0.1, -0.05) is 37.3 Å². The van der Waals surface area contributed by atoms with Crippen LogP contribution < -0.4 is 5.32 Å². The summed E-state index contributed by atoms with van der Waals surface area (Å²) in [6, 6.07) is 10.0. The Kier molecular flexibility index (Phi) is 4.90. The summed E-state index contributed by atoms with van der Waals surface area (Å²) in [6.45, 7) is 2.84. The summed E-state index contributed by atoms with van der Waals surface area (Å²) in [5, 5.41) is 15.7. The Labute approximate surface area is 118 Å². The van der Waals surface area contributed by atoms with Crippen LogP contribution in [0.5, 0.6) is 0 Å². The first-order valence-corrected chi connectivity index (χ1v) is 6.74. The third kappa shape index (κ3) is 3.24. The van der Waals surface area contributed by atoms with E-state index in [1.165, 1.54) is 0 Å². The number of aliphatic hydroxyl groups excluding tert-OH is 1. The molecular weight excluding hydrogens is 254 g/mol. The Balaban J connectivity index is 2.19. The summed E-state index contributed by atoms with van der Waals surface area (Å²) in [7, 11) is 0. The van der Waals surface area contributed by atoms with E-state index < -0.39 is 0 Å². The Bertz CT molecular complexity index is 564. The maximum atomic E-state index is 12.0. The smallest absolute Gasteiger partial charge is 0.254 e. The van der Waals surface area contributed by atoms with Gasteiger partial charge in [0.1, 0.15) is 0 Å². The average Bonchev–Trinajstić information content (AvgIpc) is 2.88. The lowest BCUT2D eigenvalue weighted by atomic mass is 10.1. The van der Waals surface area contributed by atoms with Crippen LogP contribution in [-0.2, 0) is 13.0 Å². The number of aromatic nitrogens is 2. The lowest BCUT2D eigenvalue weighted by molar-refractivity contribution is 0.0943. The number of nitrogens with zero attached hydrogens (tertiary/aromatic N) is 2. The quantitative estimate of drug-likeness (QED) is 0.831. The van der Waals surface area contributed by atoms with Gasteiger partial charge in [0, 0.05) is 6.54 Å². The predicted octanol–water partition coefficient (Wildman–Crippen LogP) is 1.22. The number of amides is 1. The first-order valence-electron chi connectivity index (χ1n) is 6.74. The van der Waals surface area contributed by atoms with Crippen LogP contribution in [0.25, 0.3) is 0 Å². The highest BCUT2D eigenvalue weighted by Crippen LogP contribution is 2.12. The normalized spacial score (nSPS) is 10.5. The number of nitrogens with one attached hydrogen (secondary N) is 1. The fourth-order valence-electron chi connectivity index (χ4n) is 2.13. The molecule has 5 heteroatoms. The number of carbonyl (C=O) groups excluding carboxylic acids is 1. The maximum Gasteiger partial charge on any atom is 0.254 e. The van der Waals surface area contributed by atoms with Crippen molar-refractivity contribution < 1.29 is 9.90 Å². The fraction of sp³-hybridized carbons (Fsp3) is 0.333. The van der Waals surface area contributed by atoms with Gasteiger partial charge in [0.25, 0.3) is 5.91 Å². The van der Waals surface area contributed by atoms with E-state index in [0.29, 0.717) is 12.1 Å². The number of hydrogen-bond donors (Lipinski definition) is 2. The van der Waals surface area contributed by atoms with Gasteiger partial charge in [-0.05, 0) is 12.0 Å². The Morgan fingerprint density at radius 3 is 2.75 bits per heavy atom. The van der Waals surface area contributed by atoms with E-state index in [0.717, 1.165) is 17.7 Å². The highest BCUT2D eigenvalue weighted by molar-refractivity contribution is 5.95. The molecule has 2 rings (SSSR count). The average molecular weight is 273 g/mol. The molecule has 1 aromatic heterocycles. The van der Waals surface area contributed by atoms with Crippen LogP contribution in [0, 0.1) is 0 Å². The van der Waals surface area contributed by atoms with Crippen LogP contribution >= 0.6 is 0 Å². The van der Waals surface area contributed by atoms with Gasteiger partial charge in [-0.25, -0.2) is 0 Å². The molecule has 106 valence electrons. The van der Waals surface area contributed by atoms with E-state index >= 15 is 0 Å². The lowest BCUT2D eigenvalue weighted by Crippen LogP contribution is -2.27. The van der Waals surface area contributed by atoms with Crippen molar-refractivity contribution in [1.29, 1.82) is 0 Å². The summed E-state index contributed by atoms with van der Waals surface area (Å²) in [6.07, 6.45) is 2.32. The topological polar surface area (TPSA) is 67.2 Å². The standard InChI is InChI=1S/C15H19N3O2/c1-2-14-13(15(20)16-8-9-19)10-17-18(14)11-12-6-4-3-5-7-12/h3-7,10,19H,2,8-9,11H2,1H3,(H,16,20). The monoisotopic (exact) mass is 273 g/mol. The van der Waals surface area contributed by atoms with Crippen LogP contribution in [0.1, 0.15) is 28.5 Å². The van der Waals surface area contributed by atoms with Gasteiger partial charge in [-0.2, -0.15) is 5.10 Å². The van der Waals surface area contributed by atoms with Crippen molar-refractivity contribution in [3.8, 4) is 0 Å². The third-order valence-electron chi connectivity index (χ3n) is 3.10. The van der Waals surface area contributed by atoms with Gasteiger partial charge in [-0.3, -0.25) is 9.48 Å². The lowest BCUT2D eigenvalue weighted by Gasteiger charge is -2.08. The predicted molar refractivity (Wildman–Crippen MR) is 76.6 cm³/mol. The van der Waals surface area contributed by atoms with E-state index in [4.69, 9.17) is 5.11 Å². The summed E-state index contributed by atoms with van der Waals surface area (Å²) >= 11 is 0. The molecule has 0 fully saturated rings. The molecule has 0 bridgehead atoms. The van der Waals surface area contributed by atoms with Crippen LogP contribution in [0.3, 0.4) is 0 Å². The Morgan fingerprint density at radius 2 is 2.10 bits per heavy atom.